The number of nitrogens with zero attached hydrogens (tertiary/aromatic N) is 1. The van der Waals surface area contributed by atoms with Crippen molar-refractivity contribution in [1.82, 2.24) is 4.90 Å². The number of rotatable bonds is 6. The molecule has 0 aromatic heterocycles. The Balaban J connectivity index is 2.33. The highest BCUT2D eigenvalue weighted by atomic mass is 16.5. The molecule has 1 amide bonds. The van der Waals surface area contributed by atoms with Gasteiger partial charge in [-0.3, -0.25) is 4.79 Å². The summed E-state index contributed by atoms with van der Waals surface area (Å²) in [5.74, 6) is 0.109. The second-order valence-corrected chi connectivity index (χ2v) is 3.94. The molecule has 0 aliphatic carbocycles. The van der Waals surface area contributed by atoms with Crippen LogP contribution in [0.1, 0.15) is 32.6 Å². The van der Waals surface area contributed by atoms with Gasteiger partial charge in [-0.15, -0.1) is 0 Å². The number of carbonyl (C=O) groups excluding carboxylic acids is 1. The zero-order chi connectivity index (χ0) is 11.1. The number of aliphatic hydroxyl groups is 1. The van der Waals surface area contributed by atoms with Crippen LogP contribution in [0.25, 0.3) is 0 Å². The van der Waals surface area contributed by atoms with Crippen molar-refractivity contribution in [3.05, 3.63) is 0 Å². The minimum absolute atomic E-state index is 0.0390. The second kappa shape index (κ2) is 6.80. The average molecular weight is 215 g/mol. The maximum Gasteiger partial charge on any atom is 0.225 e. The smallest absolute Gasteiger partial charge is 0.225 e. The van der Waals surface area contributed by atoms with Crippen LogP contribution in [0.5, 0.6) is 0 Å². The second-order valence-electron chi connectivity index (χ2n) is 3.94. The Labute approximate surface area is 91.2 Å². The summed E-state index contributed by atoms with van der Waals surface area (Å²) in [6.45, 7) is 4.03. The summed E-state index contributed by atoms with van der Waals surface area (Å²) in [4.78, 5) is 13.5. The molecular weight excluding hydrogens is 194 g/mol. The van der Waals surface area contributed by atoms with E-state index in [1.807, 2.05) is 6.92 Å². The summed E-state index contributed by atoms with van der Waals surface area (Å²) in [5.41, 5.74) is 0. The fourth-order valence-corrected chi connectivity index (χ4v) is 1.88. The summed E-state index contributed by atoms with van der Waals surface area (Å²) in [5, 5.41) is 8.85. The highest BCUT2D eigenvalue weighted by Crippen LogP contribution is 2.16. The van der Waals surface area contributed by atoms with Gasteiger partial charge >= 0.3 is 0 Å². The average Bonchev–Trinajstić information content (AvgIpc) is 2.70. The fourth-order valence-electron chi connectivity index (χ4n) is 1.88. The molecule has 0 aromatic carbocycles. The van der Waals surface area contributed by atoms with Gasteiger partial charge in [-0.25, -0.2) is 0 Å². The first-order chi connectivity index (χ1) is 7.27. The van der Waals surface area contributed by atoms with Crippen LogP contribution in [-0.2, 0) is 9.53 Å². The van der Waals surface area contributed by atoms with Gasteiger partial charge in [0.05, 0.1) is 19.1 Å². The van der Waals surface area contributed by atoms with Gasteiger partial charge in [-0.1, -0.05) is 6.92 Å². The molecule has 1 atom stereocenters. The van der Waals surface area contributed by atoms with Gasteiger partial charge in [-0.2, -0.15) is 0 Å². The van der Waals surface area contributed by atoms with E-state index in [4.69, 9.17) is 9.84 Å². The van der Waals surface area contributed by atoms with Crippen LogP contribution >= 0.6 is 0 Å². The molecule has 1 unspecified atom stereocenters. The third-order valence-corrected chi connectivity index (χ3v) is 2.64. The molecule has 0 saturated carbocycles. The number of amides is 1. The van der Waals surface area contributed by atoms with Crippen molar-refractivity contribution in [2.24, 2.45) is 0 Å². The van der Waals surface area contributed by atoms with Crippen molar-refractivity contribution in [3.63, 3.8) is 0 Å². The number of hydrogen-bond acceptors (Lipinski definition) is 3. The summed E-state index contributed by atoms with van der Waals surface area (Å²) in [7, 11) is 0. The fraction of sp³-hybridized carbons (Fsp3) is 0.909. The van der Waals surface area contributed by atoms with E-state index in [-0.39, 0.29) is 18.6 Å². The monoisotopic (exact) mass is 215 g/mol. The van der Waals surface area contributed by atoms with E-state index >= 15 is 0 Å². The number of hydrogen-bond donors (Lipinski definition) is 1. The van der Waals surface area contributed by atoms with E-state index in [0.29, 0.717) is 13.0 Å². The molecule has 0 aromatic rings. The minimum atomic E-state index is 0.0390. The van der Waals surface area contributed by atoms with E-state index in [0.717, 1.165) is 32.4 Å². The maximum atomic E-state index is 11.8. The van der Waals surface area contributed by atoms with Crippen LogP contribution in [0.2, 0.25) is 0 Å². The van der Waals surface area contributed by atoms with E-state index in [1.165, 1.54) is 0 Å². The number of ether oxygens (including phenoxy) is 1. The number of carbonyl (C=O) groups is 1. The molecule has 1 fully saturated rings. The van der Waals surface area contributed by atoms with Gasteiger partial charge in [-0.05, 0) is 19.3 Å². The molecule has 1 rings (SSSR count). The largest absolute Gasteiger partial charge is 0.395 e. The molecule has 0 bridgehead atoms. The molecule has 0 radical (unpaired) electrons. The Morgan fingerprint density at radius 2 is 2.33 bits per heavy atom. The van der Waals surface area contributed by atoms with Gasteiger partial charge in [0.25, 0.3) is 0 Å². The van der Waals surface area contributed by atoms with Crippen LogP contribution in [0.15, 0.2) is 0 Å². The van der Waals surface area contributed by atoms with Crippen molar-refractivity contribution >= 4 is 5.91 Å². The predicted molar refractivity (Wildman–Crippen MR) is 57.5 cm³/mol. The molecule has 1 aliphatic heterocycles. The summed E-state index contributed by atoms with van der Waals surface area (Å²) < 4.78 is 5.42. The van der Waals surface area contributed by atoms with E-state index in [1.54, 1.807) is 4.90 Å². The molecule has 4 heteroatoms. The third-order valence-electron chi connectivity index (χ3n) is 2.64. The summed E-state index contributed by atoms with van der Waals surface area (Å²) in [6, 6.07) is 0. The van der Waals surface area contributed by atoms with Crippen LogP contribution in [0, 0.1) is 0 Å². The highest BCUT2D eigenvalue weighted by molar-refractivity contribution is 5.76. The standard InChI is InChI=1S/C11H21NO3/c1-2-5-12(6-7-13)11(14)9-10-4-3-8-15-10/h10,13H,2-9H2,1H3. The summed E-state index contributed by atoms with van der Waals surface area (Å²) >= 11 is 0. The van der Waals surface area contributed by atoms with Gasteiger partial charge in [0.15, 0.2) is 0 Å². The number of aliphatic hydroxyl groups excluding tert-OH is 1. The van der Waals surface area contributed by atoms with Crippen LogP contribution < -0.4 is 0 Å². The highest BCUT2D eigenvalue weighted by Gasteiger charge is 2.21. The lowest BCUT2D eigenvalue weighted by Crippen LogP contribution is -2.36. The third kappa shape index (κ3) is 4.18. The lowest BCUT2D eigenvalue weighted by molar-refractivity contribution is -0.134. The van der Waals surface area contributed by atoms with E-state index in [9.17, 15) is 4.79 Å². The lowest BCUT2D eigenvalue weighted by atomic mass is 10.1. The van der Waals surface area contributed by atoms with Crippen molar-refractivity contribution in [2.75, 3.05) is 26.3 Å². The Morgan fingerprint density at radius 3 is 2.87 bits per heavy atom. The van der Waals surface area contributed by atoms with Crippen molar-refractivity contribution in [2.45, 2.75) is 38.7 Å². The Hall–Kier alpha value is -0.610. The predicted octanol–water partition coefficient (Wildman–Crippen LogP) is 0.786. The molecule has 15 heavy (non-hydrogen) atoms. The van der Waals surface area contributed by atoms with E-state index in [2.05, 4.69) is 0 Å². The molecular formula is C11H21NO3. The molecule has 1 heterocycles. The Morgan fingerprint density at radius 1 is 1.53 bits per heavy atom. The van der Waals surface area contributed by atoms with E-state index < -0.39 is 0 Å². The SMILES string of the molecule is CCCN(CCO)C(=O)CC1CCCO1. The molecule has 1 saturated heterocycles. The molecule has 1 N–H and O–H groups in total. The van der Waals surface area contributed by atoms with Gasteiger partial charge in [0, 0.05) is 19.7 Å². The zero-order valence-electron chi connectivity index (χ0n) is 9.45. The first-order valence-electron chi connectivity index (χ1n) is 5.78. The van der Waals surface area contributed by atoms with Crippen LogP contribution in [-0.4, -0.2) is 48.3 Å². The molecule has 0 spiro atoms. The Bertz CT molecular complexity index is 184. The normalized spacial score (nSPS) is 20.5. The molecule has 88 valence electrons. The zero-order valence-corrected chi connectivity index (χ0v) is 9.45. The first kappa shape index (κ1) is 12.5. The lowest BCUT2D eigenvalue weighted by Gasteiger charge is -2.22. The van der Waals surface area contributed by atoms with Crippen molar-refractivity contribution in [3.8, 4) is 0 Å². The summed E-state index contributed by atoms with van der Waals surface area (Å²) in [6.07, 6.45) is 3.56. The van der Waals surface area contributed by atoms with Gasteiger partial charge in [0.2, 0.25) is 5.91 Å². The van der Waals surface area contributed by atoms with Crippen molar-refractivity contribution < 1.29 is 14.6 Å². The topological polar surface area (TPSA) is 49.8 Å². The van der Waals surface area contributed by atoms with Crippen molar-refractivity contribution in [1.29, 1.82) is 0 Å². The minimum Gasteiger partial charge on any atom is -0.395 e. The maximum absolute atomic E-state index is 11.8. The van der Waals surface area contributed by atoms with Crippen LogP contribution in [0.3, 0.4) is 0 Å². The first-order valence-corrected chi connectivity index (χ1v) is 5.78. The quantitative estimate of drug-likeness (QED) is 0.712. The molecule has 1 aliphatic rings. The Kier molecular flexibility index (Phi) is 5.65. The van der Waals surface area contributed by atoms with Gasteiger partial charge < -0.3 is 14.7 Å². The van der Waals surface area contributed by atoms with Gasteiger partial charge in [0.1, 0.15) is 0 Å². The van der Waals surface area contributed by atoms with Crippen LogP contribution in [0.4, 0.5) is 0 Å². The molecule has 4 nitrogen and oxygen atoms in total.